The number of rotatable bonds is 9. The molecule has 0 radical (unpaired) electrons. The van der Waals surface area contributed by atoms with Crippen molar-refractivity contribution in [2.45, 2.75) is 52.3 Å². The number of hydrogen-bond donors (Lipinski definition) is 3. The van der Waals surface area contributed by atoms with Crippen molar-refractivity contribution in [1.29, 1.82) is 0 Å². The quantitative estimate of drug-likeness (QED) is 0.399. The van der Waals surface area contributed by atoms with Crippen LogP contribution in [0.3, 0.4) is 0 Å². The lowest BCUT2D eigenvalue weighted by Crippen LogP contribution is -2.52. The molecule has 180 valence electrons. The molecule has 0 aliphatic carbocycles. The molecule has 0 aromatic heterocycles. The molecule has 32 heavy (non-hydrogen) atoms. The van der Waals surface area contributed by atoms with E-state index in [9.17, 15) is 5.11 Å². The van der Waals surface area contributed by atoms with Crippen LogP contribution in [-0.2, 0) is 17.8 Å². The van der Waals surface area contributed by atoms with Gasteiger partial charge in [-0.15, -0.1) is 0 Å². The van der Waals surface area contributed by atoms with Gasteiger partial charge in [-0.2, -0.15) is 0 Å². The number of aliphatic imine (C=N–C) groups is 1. The minimum Gasteiger partial charge on any atom is -0.387 e. The van der Waals surface area contributed by atoms with Crippen molar-refractivity contribution < 1.29 is 9.84 Å². The molecule has 0 spiro atoms. The Hall–Kier alpha value is -1.67. The van der Waals surface area contributed by atoms with Crippen LogP contribution < -0.4 is 10.6 Å². The molecule has 1 atom stereocenters. The maximum atomic E-state index is 10.8. The van der Waals surface area contributed by atoms with Crippen LogP contribution in [0.15, 0.2) is 29.3 Å². The number of ether oxygens (including phenoxy) is 1. The second-order valence-electron chi connectivity index (χ2n) is 9.71. The molecular formula is C25H43N5O2. The van der Waals surface area contributed by atoms with Gasteiger partial charge in [0.25, 0.3) is 0 Å². The molecule has 1 unspecified atom stereocenters. The molecule has 0 saturated carbocycles. The first kappa shape index (κ1) is 25.0. The molecule has 2 heterocycles. The summed E-state index contributed by atoms with van der Waals surface area (Å²) >= 11 is 0. The second-order valence-corrected chi connectivity index (χ2v) is 9.71. The summed E-state index contributed by atoms with van der Waals surface area (Å²) in [6.45, 7) is 15.4. The fourth-order valence-electron chi connectivity index (χ4n) is 4.31. The highest BCUT2D eigenvalue weighted by Gasteiger charge is 2.25. The van der Waals surface area contributed by atoms with Gasteiger partial charge in [-0.05, 0) is 56.8 Å². The highest BCUT2D eigenvalue weighted by Crippen LogP contribution is 2.18. The molecule has 1 aromatic carbocycles. The van der Waals surface area contributed by atoms with Crippen LogP contribution in [0.2, 0.25) is 0 Å². The number of nitrogens with zero attached hydrogens (tertiary/aromatic N) is 3. The van der Waals surface area contributed by atoms with Crippen molar-refractivity contribution in [2.75, 3.05) is 59.0 Å². The number of morpholine rings is 1. The van der Waals surface area contributed by atoms with E-state index < -0.39 is 5.60 Å². The molecule has 1 aromatic rings. The van der Waals surface area contributed by atoms with Crippen LogP contribution in [0.25, 0.3) is 0 Å². The molecule has 2 fully saturated rings. The zero-order valence-corrected chi connectivity index (χ0v) is 20.3. The lowest BCUT2D eigenvalue weighted by atomic mass is 9.99. The number of guanidine groups is 1. The van der Waals surface area contributed by atoms with Crippen LogP contribution in [-0.4, -0.2) is 85.5 Å². The summed E-state index contributed by atoms with van der Waals surface area (Å²) in [6, 6.07) is 8.83. The zero-order valence-electron chi connectivity index (χ0n) is 20.3. The maximum absolute atomic E-state index is 10.8. The largest absolute Gasteiger partial charge is 0.387 e. The molecule has 3 rings (SSSR count). The lowest BCUT2D eigenvalue weighted by molar-refractivity contribution is -0.0201. The van der Waals surface area contributed by atoms with E-state index >= 15 is 0 Å². The summed E-state index contributed by atoms with van der Waals surface area (Å²) in [7, 11) is 0. The van der Waals surface area contributed by atoms with Gasteiger partial charge in [0.05, 0.1) is 25.4 Å². The molecule has 0 bridgehead atoms. The number of β-amino-alcohol motifs (C(OH)–C–C–N with tert-alkyl or cyclic N) is 1. The first-order valence-corrected chi connectivity index (χ1v) is 12.3. The zero-order chi connectivity index (χ0) is 22.8. The number of benzene rings is 1. The highest BCUT2D eigenvalue weighted by molar-refractivity contribution is 5.79. The topological polar surface area (TPSA) is 72.4 Å². The van der Waals surface area contributed by atoms with Crippen molar-refractivity contribution in [2.24, 2.45) is 10.9 Å². The molecule has 7 nitrogen and oxygen atoms in total. The number of piperidine rings is 1. The predicted molar refractivity (Wildman–Crippen MR) is 131 cm³/mol. The van der Waals surface area contributed by atoms with Gasteiger partial charge >= 0.3 is 0 Å². The highest BCUT2D eigenvalue weighted by atomic mass is 16.5. The van der Waals surface area contributed by atoms with E-state index in [1.54, 1.807) is 0 Å². The van der Waals surface area contributed by atoms with Crippen LogP contribution >= 0.6 is 0 Å². The SMILES string of the molecule is CCNC(=NCc1ccc(CN2CCC(C)CC2)cc1)NCC(C)(O)CN1CCOCC1. The van der Waals surface area contributed by atoms with E-state index in [0.29, 0.717) is 19.6 Å². The van der Waals surface area contributed by atoms with E-state index in [0.717, 1.165) is 51.3 Å². The van der Waals surface area contributed by atoms with E-state index in [1.807, 2.05) is 6.92 Å². The smallest absolute Gasteiger partial charge is 0.191 e. The summed E-state index contributed by atoms with van der Waals surface area (Å²) in [5.41, 5.74) is 1.73. The Morgan fingerprint density at radius 1 is 1.06 bits per heavy atom. The fraction of sp³-hybridized carbons (Fsp3) is 0.720. The maximum Gasteiger partial charge on any atom is 0.191 e. The van der Waals surface area contributed by atoms with Gasteiger partial charge in [-0.1, -0.05) is 31.2 Å². The van der Waals surface area contributed by atoms with Gasteiger partial charge in [0.15, 0.2) is 5.96 Å². The van der Waals surface area contributed by atoms with Crippen LogP contribution in [0.5, 0.6) is 0 Å². The van der Waals surface area contributed by atoms with Crippen LogP contribution in [0, 0.1) is 5.92 Å². The summed E-state index contributed by atoms with van der Waals surface area (Å²) in [6.07, 6.45) is 2.62. The third-order valence-corrected chi connectivity index (χ3v) is 6.37. The summed E-state index contributed by atoms with van der Waals surface area (Å²) < 4.78 is 5.40. The Kier molecular flexibility index (Phi) is 9.78. The Morgan fingerprint density at radius 2 is 1.72 bits per heavy atom. The third kappa shape index (κ3) is 8.70. The van der Waals surface area contributed by atoms with Crippen LogP contribution in [0.4, 0.5) is 0 Å². The molecule has 3 N–H and O–H groups in total. The number of hydrogen-bond acceptors (Lipinski definition) is 5. The Balaban J connectivity index is 1.47. The monoisotopic (exact) mass is 445 g/mol. The van der Waals surface area contributed by atoms with Crippen LogP contribution in [0.1, 0.15) is 44.7 Å². The summed E-state index contributed by atoms with van der Waals surface area (Å²) in [4.78, 5) is 9.54. The van der Waals surface area contributed by atoms with Gasteiger partial charge in [-0.25, -0.2) is 4.99 Å². The molecule has 2 aliphatic rings. The first-order valence-electron chi connectivity index (χ1n) is 12.3. The van der Waals surface area contributed by atoms with Crippen molar-refractivity contribution in [3.63, 3.8) is 0 Å². The average Bonchev–Trinajstić information content (AvgIpc) is 2.79. The van der Waals surface area contributed by atoms with Crippen molar-refractivity contribution >= 4 is 5.96 Å². The Bertz CT molecular complexity index is 693. The normalized spacial score (nSPS) is 21.3. The number of nitrogens with one attached hydrogen (secondary N) is 2. The Morgan fingerprint density at radius 3 is 2.38 bits per heavy atom. The molecule has 7 heteroatoms. The van der Waals surface area contributed by atoms with Gasteiger partial charge in [0.2, 0.25) is 0 Å². The molecule has 2 saturated heterocycles. The standard InChI is InChI=1S/C25H43N5O2/c1-4-26-24(28-19-25(3,31)20-30-13-15-32-16-14-30)27-17-22-5-7-23(8-6-22)18-29-11-9-21(2)10-12-29/h5-8,21,31H,4,9-20H2,1-3H3,(H2,26,27,28). The van der Waals surface area contributed by atoms with E-state index in [-0.39, 0.29) is 0 Å². The van der Waals surface area contributed by atoms with Gasteiger partial charge < -0.3 is 20.5 Å². The fourth-order valence-corrected chi connectivity index (χ4v) is 4.31. The predicted octanol–water partition coefficient (Wildman–Crippen LogP) is 2.06. The first-order chi connectivity index (χ1) is 15.4. The molecular weight excluding hydrogens is 402 g/mol. The second kappa shape index (κ2) is 12.5. The molecule has 2 aliphatic heterocycles. The summed E-state index contributed by atoms with van der Waals surface area (Å²) in [5, 5.41) is 17.4. The molecule has 0 amide bonds. The average molecular weight is 446 g/mol. The van der Waals surface area contributed by atoms with Gasteiger partial charge in [0, 0.05) is 39.3 Å². The van der Waals surface area contributed by atoms with Crippen molar-refractivity contribution in [3.05, 3.63) is 35.4 Å². The van der Waals surface area contributed by atoms with Gasteiger partial charge in [0.1, 0.15) is 0 Å². The van der Waals surface area contributed by atoms with E-state index in [1.165, 1.54) is 37.1 Å². The number of aliphatic hydroxyl groups is 1. The third-order valence-electron chi connectivity index (χ3n) is 6.37. The number of likely N-dealkylation sites (tertiary alicyclic amines) is 1. The minimum absolute atomic E-state index is 0.448. The van der Waals surface area contributed by atoms with Gasteiger partial charge in [-0.3, -0.25) is 9.80 Å². The minimum atomic E-state index is -0.832. The Labute approximate surface area is 194 Å². The van der Waals surface area contributed by atoms with Crippen molar-refractivity contribution in [3.8, 4) is 0 Å². The van der Waals surface area contributed by atoms with E-state index in [4.69, 9.17) is 9.73 Å². The van der Waals surface area contributed by atoms with E-state index in [2.05, 4.69) is 58.5 Å². The van der Waals surface area contributed by atoms with Crippen molar-refractivity contribution in [1.82, 2.24) is 20.4 Å². The summed E-state index contributed by atoms with van der Waals surface area (Å²) in [5.74, 6) is 1.61. The lowest BCUT2D eigenvalue weighted by Gasteiger charge is -2.34.